The number of hydrogen-bond donors (Lipinski definition) is 2. The van der Waals surface area contributed by atoms with Crippen LogP contribution in [0.3, 0.4) is 0 Å². The minimum absolute atomic E-state index is 0.130. The molecule has 23 heavy (non-hydrogen) atoms. The molecule has 0 aliphatic carbocycles. The van der Waals surface area contributed by atoms with Crippen molar-refractivity contribution in [3.63, 3.8) is 0 Å². The molecule has 1 aromatic carbocycles. The maximum absolute atomic E-state index is 11.6. The highest BCUT2D eigenvalue weighted by molar-refractivity contribution is 7.89. The van der Waals surface area contributed by atoms with E-state index in [4.69, 9.17) is 22.1 Å². The summed E-state index contributed by atoms with van der Waals surface area (Å²) in [4.78, 5) is 4.24. The third-order valence-corrected chi connectivity index (χ3v) is 5.74. The van der Waals surface area contributed by atoms with Gasteiger partial charge < -0.3 is 15.8 Å². The van der Waals surface area contributed by atoms with Gasteiger partial charge in [-0.05, 0) is 25.1 Å². The van der Waals surface area contributed by atoms with Crippen molar-refractivity contribution in [2.24, 2.45) is 16.6 Å². The highest BCUT2D eigenvalue weighted by Gasteiger charge is 2.34. The number of nitrogens with two attached hydrogens (primary N) is 1. The van der Waals surface area contributed by atoms with E-state index in [9.17, 15) is 8.42 Å². The number of nitrogens with one attached hydrogen (secondary N) is 1. The Bertz CT molecular complexity index is 687. The van der Waals surface area contributed by atoms with Crippen molar-refractivity contribution in [3.8, 4) is 5.75 Å². The third kappa shape index (κ3) is 4.49. The number of sulfonamides is 1. The fourth-order valence-electron chi connectivity index (χ4n) is 2.21. The molecule has 3 N–H and O–H groups in total. The number of guanidine groups is 1. The number of methoxy groups -OCH3 is 1. The molecule has 0 bridgehead atoms. The zero-order valence-electron chi connectivity index (χ0n) is 13.1. The summed E-state index contributed by atoms with van der Waals surface area (Å²) in [6, 6.07) is 5.21. The minimum Gasteiger partial charge on any atom is -0.495 e. The second kappa shape index (κ2) is 7.37. The number of hydrogen-bond acceptors (Lipinski definition) is 4. The minimum atomic E-state index is -3.08. The first kappa shape index (κ1) is 17.8. The number of nitrogens with zero attached hydrogens (tertiary/aromatic N) is 2. The van der Waals surface area contributed by atoms with Crippen molar-refractivity contribution in [1.82, 2.24) is 4.31 Å². The lowest BCUT2D eigenvalue weighted by atomic mass is 10.0. The molecule has 9 heteroatoms. The van der Waals surface area contributed by atoms with Gasteiger partial charge in [0.05, 0.1) is 17.9 Å². The van der Waals surface area contributed by atoms with Crippen LogP contribution in [-0.2, 0) is 10.0 Å². The summed E-state index contributed by atoms with van der Waals surface area (Å²) < 4.78 is 29.8. The normalized spacial score (nSPS) is 16.9. The van der Waals surface area contributed by atoms with Crippen LogP contribution in [0.1, 0.15) is 6.92 Å². The van der Waals surface area contributed by atoms with E-state index in [1.165, 1.54) is 4.31 Å². The number of ether oxygens (including phenoxy) is 1. The predicted octanol–water partition coefficient (Wildman–Crippen LogP) is 1.36. The van der Waals surface area contributed by atoms with Gasteiger partial charge in [-0.25, -0.2) is 12.7 Å². The van der Waals surface area contributed by atoms with Crippen molar-refractivity contribution in [1.29, 1.82) is 0 Å². The summed E-state index contributed by atoms with van der Waals surface area (Å²) in [5.41, 5.74) is 6.54. The zero-order chi connectivity index (χ0) is 17.0. The Kier molecular flexibility index (Phi) is 5.72. The summed E-state index contributed by atoms with van der Waals surface area (Å²) in [6.07, 6.45) is 0. The van der Waals surface area contributed by atoms with Crippen molar-refractivity contribution in [2.45, 2.75) is 6.92 Å². The van der Waals surface area contributed by atoms with E-state index in [1.807, 2.05) is 0 Å². The maximum atomic E-state index is 11.6. The maximum Gasteiger partial charge on any atom is 0.213 e. The van der Waals surface area contributed by atoms with Crippen LogP contribution in [0.5, 0.6) is 5.75 Å². The summed E-state index contributed by atoms with van der Waals surface area (Å²) in [5.74, 6) is 1.18. The smallest absolute Gasteiger partial charge is 0.213 e. The number of halogens is 1. The Balaban J connectivity index is 1.84. The van der Waals surface area contributed by atoms with Gasteiger partial charge >= 0.3 is 0 Å². The van der Waals surface area contributed by atoms with Crippen LogP contribution in [0.2, 0.25) is 5.02 Å². The van der Waals surface area contributed by atoms with Gasteiger partial charge in [-0.2, -0.15) is 0 Å². The Morgan fingerprint density at radius 3 is 2.78 bits per heavy atom. The average Bonchev–Trinajstić information content (AvgIpc) is 2.45. The fraction of sp³-hybridized carbons (Fsp3) is 0.500. The Hall–Kier alpha value is -1.51. The average molecular weight is 361 g/mol. The van der Waals surface area contributed by atoms with Gasteiger partial charge in [0, 0.05) is 31.2 Å². The summed E-state index contributed by atoms with van der Waals surface area (Å²) in [5, 5.41) is 3.42. The third-order valence-electron chi connectivity index (χ3n) is 3.63. The molecule has 0 unspecified atom stereocenters. The molecule has 1 saturated heterocycles. The number of aliphatic imine (C=N–C) groups is 1. The summed E-state index contributed by atoms with van der Waals surface area (Å²) in [6.45, 7) is 3.13. The molecule has 2 rings (SSSR count). The fourth-order valence-corrected chi connectivity index (χ4v) is 3.71. The molecule has 0 atom stereocenters. The van der Waals surface area contributed by atoms with Gasteiger partial charge in [0.15, 0.2) is 5.96 Å². The predicted molar refractivity (Wildman–Crippen MR) is 92.6 cm³/mol. The largest absolute Gasteiger partial charge is 0.495 e. The van der Waals surface area contributed by atoms with E-state index >= 15 is 0 Å². The van der Waals surface area contributed by atoms with Crippen LogP contribution in [0, 0.1) is 5.92 Å². The number of benzene rings is 1. The lowest BCUT2D eigenvalue weighted by Gasteiger charge is -2.37. The molecule has 1 fully saturated rings. The van der Waals surface area contributed by atoms with E-state index in [1.54, 1.807) is 32.2 Å². The van der Waals surface area contributed by atoms with Crippen LogP contribution in [0.4, 0.5) is 5.69 Å². The quantitative estimate of drug-likeness (QED) is 0.589. The molecule has 1 aromatic rings. The molecule has 0 aromatic heterocycles. The topological polar surface area (TPSA) is 97.0 Å². The first-order valence-corrected chi connectivity index (χ1v) is 9.22. The van der Waals surface area contributed by atoms with E-state index in [0.717, 1.165) is 0 Å². The van der Waals surface area contributed by atoms with Gasteiger partial charge in [0.1, 0.15) is 5.75 Å². The van der Waals surface area contributed by atoms with Gasteiger partial charge in [0.25, 0.3) is 0 Å². The molecule has 7 nitrogen and oxygen atoms in total. The van der Waals surface area contributed by atoms with Crippen LogP contribution in [0.25, 0.3) is 0 Å². The molecule has 0 radical (unpaired) electrons. The zero-order valence-corrected chi connectivity index (χ0v) is 14.7. The van der Waals surface area contributed by atoms with Crippen LogP contribution in [-0.4, -0.2) is 51.2 Å². The molecule has 0 amide bonds. The molecule has 0 spiro atoms. The van der Waals surface area contributed by atoms with Gasteiger partial charge in [-0.1, -0.05) is 11.6 Å². The second-order valence-corrected chi connectivity index (χ2v) is 7.95. The monoisotopic (exact) mass is 360 g/mol. The lowest BCUT2D eigenvalue weighted by molar-refractivity contribution is 0.208. The first-order chi connectivity index (χ1) is 10.9. The SMILES string of the molecule is CCS(=O)(=O)N1CC(CN=C(N)Nc2ccc(OC)c(Cl)c2)C1. The van der Waals surface area contributed by atoms with Crippen LogP contribution in [0.15, 0.2) is 23.2 Å². The summed E-state index contributed by atoms with van der Waals surface area (Å²) in [7, 11) is -1.54. The van der Waals surface area contributed by atoms with Crippen molar-refractivity contribution in [2.75, 3.05) is 37.8 Å². The highest BCUT2D eigenvalue weighted by atomic mass is 35.5. The Labute approximate surface area is 141 Å². The molecular formula is C14H21ClN4O3S. The number of rotatable bonds is 6. The van der Waals surface area contributed by atoms with Crippen molar-refractivity contribution < 1.29 is 13.2 Å². The lowest BCUT2D eigenvalue weighted by Crippen LogP contribution is -2.51. The second-order valence-electron chi connectivity index (χ2n) is 5.28. The van der Waals surface area contributed by atoms with Gasteiger partial charge in [-0.3, -0.25) is 4.99 Å². The highest BCUT2D eigenvalue weighted by Crippen LogP contribution is 2.27. The molecule has 0 saturated carbocycles. The number of anilines is 1. The molecular weight excluding hydrogens is 340 g/mol. The Morgan fingerprint density at radius 1 is 1.52 bits per heavy atom. The van der Waals surface area contributed by atoms with Crippen LogP contribution >= 0.6 is 11.6 Å². The van der Waals surface area contributed by atoms with Gasteiger partial charge in [0.2, 0.25) is 10.0 Å². The van der Waals surface area contributed by atoms with E-state index < -0.39 is 10.0 Å². The molecule has 128 valence electrons. The molecule has 1 aliphatic rings. The van der Waals surface area contributed by atoms with E-state index in [-0.39, 0.29) is 17.6 Å². The molecule has 1 aliphatic heterocycles. The van der Waals surface area contributed by atoms with Crippen molar-refractivity contribution in [3.05, 3.63) is 23.2 Å². The van der Waals surface area contributed by atoms with Crippen molar-refractivity contribution >= 4 is 33.3 Å². The Morgan fingerprint density at radius 2 is 2.22 bits per heavy atom. The molecule has 1 heterocycles. The summed E-state index contributed by atoms with van der Waals surface area (Å²) >= 11 is 6.04. The van der Waals surface area contributed by atoms with Gasteiger partial charge in [-0.15, -0.1) is 0 Å². The van der Waals surface area contributed by atoms with E-state index in [0.29, 0.717) is 36.1 Å². The van der Waals surface area contributed by atoms with E-state index in [2.05, 4.69) is 10.3 Å². The standard InChI is InChI=1S/C14H21ClN4O3S/c1-3-23(20,21)19-8-10(9-19)7-17-14(16)18-11-4-5-13(22-2)12(15)6-11/h4-6,10H,3,7-9H2,1-2H3,(H3,16,17,18). The van der Waals surface area contributed by atoms with Crippen LogP contribution < -0.4 is 15.8 Å². The first-order valence-electron chi connectivity index (χ1n) is 7.24.